The molecular formula is C33H42Ru3S3+3. The monoisotopic (exact) mass is 840 g/mol. The van der Waals surface area contributed by atoms with Gasteiger partial charge in [-0.1, -0.05) is 72.9 Å². The third-order valence-electron chi connectivity index (χ3n) is 4.69. The maximum absolute atomic E-state index is 3.18. The van der Waals surface area contributed by atoms with E-state index in [0.29, 0.717) is 0 Å². The van der Waals surface area contributed by atoms with E-state index in [1.165, 1.54) is 35.5 Å². The van der Waals surface area contributed by atoms with Crippen molar-refractivity contribution in [2.75, 3.05) is 17.3 Å². The molecule has 3 fully saturated rings. The molecule has 0 saturated heterocycles. The van der Waals surface area contributed by atoms with E-state index in [1.54, 1.807) is 0 Å². The van der Waals surface area contributed by atoms with E-state index in [1.807, 2.05) is 20.8 Å². The molecule has 1 aliphatic heterocycles. The topological polar surface area (TPSA) is 0 Å². The third kappa shape index (κ3) is 19.3. The summed E-state index contributed by atoms with van der Waals surface area (Å²) in [5.74, 6) is 11.2. The first kappa shape index (κ1) is 38.4. The Bertz CT molecular complexity index is 744. The van der Waals surface area contributed by atoms with Gasteiger partial charge >= 0.3 is 32.9 Å². The van der Waals surface area contributed by atoms with Gasteiger partial charge in [0.15, 0.2) is 0 Å². The van der Waals surface area contributed by atoms with E-state index in [-0.39, 0.29) is 0 Å². The van der Waals surface area contributed by atoms with E-state index in [9.17, 15) is 0 Å². The van der Waals surface area contributed by atoms with Crippen molar-refractivity contribution in [1.82, 2.24) is 0 Å². The fourth-order valence-corrected chi connectivity index (χ4v) is 3.21. The van der Waals surface area contributed by atoms with Crippen LogP contribution < -0.4 is 0 Å². The molecule has 0 aromatic rings. The Morgan fingerprint density at radius 2 is 0.538 bits per heavy atom. The van der Waals surface area contributed by atoms with Gasteiger partial charge in [-0.15, -0.1) is 0 Å². The van der Waals surface area contributed by atoms with Gasteiger partial charge in [-0.2, -0.15) is 0 Å². The molecule has 0 atom stereocenters. The Hall–Kier alpha value is 1.36. The summed E-state index contributed by atoms with van der Waals surface area (Å²) in [6, 6.07) is 0. The molecule has 39 heavy (non-hydrogen) atoms. The standard InChI is InChI=1S/3C9H7.3C2H6S.3Ru/c3*1-2-5-9-7-3-6-8(9)4-1;3*1-2-3;;;/h3*1-7H;3*3H,2H2,1H3;;;/p+3. The number of fused-ring (bicyclic) bond motifs is 3. The second-order valence-corrected chi connectivity index (χ2v) is 37.1. The fraction of sp³-hybridized carbons (Fsp3) is 0.182. The summed E-state index contributed by atoms with van der Waals surface area (Å²) >= 11 is 9.55. The number of allylic oxidation sites excluding steroid dienone is 12. The molecule has 6 heteroatoms. The van der Waals surface area contributed by atoms with Crippen LogP contribution >= 0.6 is 0 Å². The Morgan fingerprint density at radius 3 is 0.667 bits per heavy atom. The molecule has 0 N–H and O–H groups in total. The average Bonchev–Trinajstić information content (AvgIpc) is 3.42. The zero-order chi connectivity index (χ0) is 28.6. The molecular weight excluding hydrogens is 796 g/mol. The minimum absolute atomic E-state index is 1.06. The van der Waals surface area contributed by atoms with E-state index in [4.69, 9.17) is 0 Å². The molecule has 3 saturated carbocycles. The van der Waals surface area contributed by atoms with Gasteiger partial charge in [0.05, 0.1) is 0 Å². The van der Waals surface area contributed by atoms with Gasteiger partial charge in [0.2, 0.25) is 0 Å². The van der Waals surface area contributed by atoms with Crippen molar-refractivity contribution in [3.63, 3.8) is 0 Å². The predicted molar refractivity (Wildman–Crippen MR) is 175 cm³/mol. The Kier molecular flexibility index (Phi) is 26.5. The molecule has 6 aliphatic carbocycles. The van der Waals surface area contributed by atoms with Crippen LogP contribution in [0.2, 0.25) is 0 Å². The van der Waals surface area contributed by atoms with Crippen molar-refractivity contribution in [1.29, 1.82) is 0 Å². The van der Waals surface area contributed by atoms with Gasteiger partial charge in [0.25, 0.3) is 0 Å². The molecule has 7 aliphatic rings. The Balaban J connectivity index is 0.000000244. The number of rotatable bonds is 0. The first-order valence-electron chi connectivity index (χ1n) is 12.8. The fourth-order valence-electron chi connectivity index (χ4n) is 3.21. The van der Waals surface area contributed by atoms with Crippen LogP contribution in [0.15, 0.2) is 72.9 Å². The first-order valence-corrected chi connectivity index (χ1v) is 27.6. The molecule has 7 rings (SSSR count). The summed E-state index contributed by atoms with van der Waals surface area (Å²) in [4.78, 5) is 0. The van der Waals surface area contributed by atoms with Crippen LogP contribution in [0.25, 0.3) is 0 Å². The van der Waals surface area contributed by atoms with Crippen LogP contribution in [0.1, 0.15) is 20.8 Å². The van der Waals surface area contributed by atoms with Gasteiger partial charge in [-0.3, -0.25) is 0 Å². The van der Waals surface area contributed by atoms with Crippen LogP contribution in [0, 0.1) is 93.3 Å². The van der Waals surface area contributed by atoms with Gasteiger partial charge in [0.1, 0.15) is 17.3 Å². The zero-order valence-electron chi connectivity index (χ0n) is 22.8. The van der Waals surface area contributed by atoms with E-state index in [2.05, 4.69) is 169 Å². The van der Waals surface area contributed by atoms with Crippen LogP contribution in [0.5, 0.6) is 0 Å². The molecule has 0 spiro atoms. The predicted octanol–water partition coefficient (Wildman–Crippen LogP) is 5.71. The molecule has 0 nitrogen and oxygen atoms in total. The van der Waals surface area contributed by atoms with Crippen molar-refractivity contribution in [3.8, 4) is 0 Å². The van der Waals surface area contributed by atoms with Gasteiger partial charge < -0.3 is 0 Å². The summed E-state index contributed by atoms with van der Waals surface area (Å²) in [5.41, 5.74) is 0. The summed E-state index contributed by atoms with van der Waals surface area (Å²) in [6.07, 6.45) is 44.0. The van der Waals surface area contributed by atoms with E-state index < -0.39 is 0 Å². The minimum atomic E-state index is 1.06. The SMILES string of the molecule is CC[SH2+].CC[SH2+].CC[SH2+].[CH]1[CH][C]2C=CC=C[C]2[CH]1.[CH]1[CH][C]2C=CC=C[C]2[CH]1.[CH]1[CH][C]2C=CC=C[C]2[CH]1.[Ru]1=[Ru]=[Ru]=1. The van der Waals surface area contributed by atoms with Crippen molar-refractivity contribution < 1.29 is 32.9 Å². The van der Waals surface area contributed by atoms with Crippen LogP contribution in [-0.4, -0.2) is 17.3 Å². The van der Waals surface area contributed by atoms with Crippen LogP contribution in [-0.2, 0) is 70.8 Å². The summed E-state index contributed by atoms with van der Waals surface area (Å²) in [6.45, 7) is 6.12. The Labute approximate surface area is 272 Å². The normalized spacial score (nSPS) is 22.0. The van der Waals surface area contributed by atoms with Crippen molar-refractivity contribution in [3.05, 3.63) is 166 Å². The zero-order valence-corrected chi connectivity index (χ0v) is 31.0. The molecule has 0 aromatic heterocycles. The number of hydrogen-bond acceptors (Lipinski definition) is 0. The van der Waals surface area contributed by atoms with Gasteiger partial charge in [-0.05, 0) is 116 Å². The summed E-state index contributed by atoms with van der Waals surface area (Å²) < 4.78 is 0. The van der Waals surface area contributed by atoms with Gasteiger partial charge in [0, 0.05) is 35.5 Å². The Morgan fingerprint density at radius 1 is 0.385 bits per heavy atom. The molecule has 0 bridgehead atoms. The van der Waals surface area contributed by atoms with Crippen molar-refractivity contribution in [2.45, 2.75) is 20.8 Å². The van der Waals surface area contributed by atoms with Crippen LogP contribution in [0.3, 0.4) is 0 Å². The second kappa shape index (κ2) is 26.9. The quantitative estimate of drug-likeness (QED) is 0.233. The van der Waals surface area contributed by atoms with E-state index in [0.717, 1.165) is 50.2 Å². The average molecular weight is 838 g/mol. The van der Waals surface area contributed by atoms with Crippen molar-refractivity contribution in [2.24, 2.45) is 0 Å². The first-order chi connectivity index (χ1) is 19.1. The van der Waals surface area contributed by atoms with Gasteiger partial charge in [-0.25, -0.2) is 0 Å². The molecule has 0 unspecified atom stereocenters. The molecule has 0 amide bonds. The number of hydrogen-bond donors (Lipinski definition) is 0. The molecule has 0 aromatic carbocycles. The maximum atomic E-state index is 3.18. The molecule has 1 heterocycles. The van der Waals surface area contributed by atoms with E-state index >= 15 is 0 Å². The molecule has 15 radical (unpaired) electrons. The molecule has 213 valence electrons. The van der Waals surface area contributed by atoms with Crippen molar-refractivity contribution >= 4 is 37.9 Å². The second-order valence-electron chi connectivity index (χ2n) is 7.66. The summed E-state index contributed by atoms with van der Waals surface area (Å²) in [7, 11) is 3.42. The third-order valence-corrected chi connectivity index (χ3v) is 13.8. The van der Waals surface area contributed by atoms with Crippen LogP contribution in [0.4, 0.5) is 0 Å². The summed E-state index contributed by atoms with van der Waals surface area (Å²) in [5, 5.41) is 0.